The molecule has 0 spiro atoms. The molecule has 2 aromatic rings. The van der Waals surface area contributed by atoms with Gasteiger partial charge in [0.25, 0.3) is 0 Å². The van der Waals surface area contributed by atoms with Crippen LogP contribution < -0.4 is 0 Å². The topological polar surface area (TPSA) is 32.7 Å². The Bertz CT molecular complexity index is 754. The molecule has 2 aliphatic rings. The molecule has 0 aromatic heterocycles. The Balaban J connectivity index is 1.52. The summed E-state index contributed by atoms with van der Waals surface area (Å²) in [6.45, 7) is 1.92. The molecule has 0 amide bonds. The fourth-order valence-corrected chi connectivity index (χ4v) is 4.37. The second kappa shape index (κ2) is 7.06. The summed E-state index contributed by atoms with van der Waals surface area (Å²) in [5.74, 6) is -0.942. The molecule has 2 bridgehead atoms. The molecule has 2 unspecified atom stereocenters. The van der Waals surface area contributed by atoms with Crippen LogP contribution in [-0.4, -0.2) is 40.9 Å². The molecule has 2 atom stereocenters. The van der Waals surface area contributed by atoms with Crippen LogP contribution >= 0.6 is 0 Å². The fraction of sp³-hybridized carbons (Fsp3) is 0.429. The monoisotopic (exact) mass is 359 g/mol. The number of hydrogen-bond acceptors (Lipinski definition) is 3. The summed E-state index contributed by atoms with van der Waals surface area (Å²) in [5, 5.41) is 11.2. The average molecular weight is 359 g/mol. The number of hydrogen-bond donors (Lipinski definition) is 1. The summed E-state index contributed by atoms with van der Waals surface area (Å²) in [6, 6.07) is 13.8. The molecule has 2 aliphatic heterocycles. The van der Waals surface area contributed by atoms with Gasteiger partial charge in [-0.25, -0.2) is 8.78 Å². The molecule has 2 saturated heterocycles. The predicted octanol–water partition coefficient (Wildman–Crippen LogP) is 3.30. The van der Waals surface area contributed by atoms with Crippen molar-refractivity contribution in [2.45, 2.75) is 43.5 Å². The first-order chi connectivity index (χ1) is 12.5. The zero-order chi connectivity index (χ0) is 18.1. The van der Waals surface area contributed by atoms with Gasteiger partial charge in [-0.15, -0.1) is 0 Å². The van der Waals surface area contributed by atoms with Crippen LogP contribution in [-0.2, 0) is 17.7 Å². The van der Waals surface area contributed by atoms with Gasteiger partial charge in [0.2, 0.25) is 0 Å². The summed E-state index contributed by atoms with van der Waals surface area (Å²) in [6.07, 6.45) is 1.11. The van der Waals surface area contributed by atoms with Gasteiger partial charge in [-0.3, -0.25) is 4.90 Å². The lowest BCUT2D eigenvalue weighted by molar-refractivity contribution is -0.145. The molecule has 0 aliphatic carbocycles. The number of ether oxygens (including phenoxy) is 1. The molecule has 2 heterocycles. The molecule has 2 fully saturated rings. The number of nitrogens with zero attached hydrogens (tertiary/aromatic N) is 1. The van der Waals surface area contributed by atoms with Crippen molar-refractivity contribution in [1.29, 1.82) is 0 Å². The van der Waals surface area contributed by atoms with Crippen LogP contribution in [0.3, 0.4) is 0 Å². The third kappa shape index (κ3) is 3.65. The van der Waals surface area contributed by atoms with E-state index in [0.29, 0.717) is 26.1 Å². The van der Waals surface area contributed by atoms with Crippen LogP contribution in [0.1, 0.15) is 24.0 Å². The van der Waals surface area contributed by atoms with Crippen LogP contribution in [0.4, 0.5) is 8.78 Å². The molecule has 0 saturated carbocycles. The molecule has 26 heavy (non-hydrogen) atoms. The lowest BCUT2D eigenvalue weighted by Gasteiger charge is -2.51. The van der Waals surface area contributed by atoms with Crippen LogP contribution in [0.25, 0.3) is 0 Å². The van der Waals surface area contributed by atoms with E-state index in [0.717, 1.165) is 18.7 Å². The lowest BCUT2D eigenvalue weighted by Crippen LogP contribution is -2.61. The van der Waals surface area contributed by atoms with Gasteiger partial charge in [0.1, 0.15) is 11.6 Å². The average Bonchev–Trinajstić information content (AvgIpc) is 2.60. The Hall–Kier alpha value is -1.82. The molecule has 5 heteroatoms. The molecular weight excluding hydrogens is 336 g/mol. The van der Waals surface area contributed by atoms with E-state index in [9.17, 15) is 13.9 Å². The van der Waals surface area contributed by atoms with Crippen LogP contribution in [0.5, 0.6) is 0 Å². The minimum Gasteiger partial charge on any atom is -0.389 e. The van der Waals surface area contributed by atoms with E-state index in [1.165, 1.54) is 11.6 Å². The van der Waals surface area contributed by atoms with Crippen molar-refractivity contribution in [3.63, 3.8) is 0 Å². The second-order valence-electron chi connectivity index (χ2n) is 7.55. The first kappa shape index (κ1) is 17.6. The Morgan fingerprint density at radius 3 is 2.42 bits per heavy atom. The summed E-state index contributed by atoms with van der Waals surface area (Å²) < 4.78 is 33.2. The van der Waals surface area contributed by atoms with Crippen molar-refractivity contribution < 1.29 is 18.6 Å². The lowest BCUT2D eigenvalue weighted by atomic mass is 9.77. The Morgan fingerprint density at radius 1 is 1.04 bits per heavy atom. The Morgan fingerprint density at radius 2 is 1.73 bits per heavy atom. The van der Waals surface area contributed by atoms with E-state index in [-0.39, 0.29) is 24.1 Å². The summed E-state index contributed by atoms with van der Waals surface area (Å²) in [7, 11) is 0. The van der Waals surface area contributed by atoms with Gasteiger partial charge in [-0.05, 0) is 42.2 Å². The van der Waals surface area contributed by atoms with E-state index in [4.69, 9.17) is 4.74 Å². The molecule has 0 radical (unpaired) electrons. The Kier molecular flexibility index (Phi) is 4.78. The van der Waals surface area contributed by atoms with E-state index in [1.807, 2.05) is 18.2 Å². The van der Waals surface area contributed by atoms with E-state index >= 15 is 0 Å². The van der Waals surface area contributed by atoms with Crippen molar-refractivity contribution in [2.75, 3.05) is 13.2 Å². The molecule has 1 N–H and O–H groups in total. The largest absolute Gasteiger partial charge is 0.389 e. The highest BCUT2D eigenvalue weighted by Crippen LogP contribution is 2.37. The number of aliphatic hydroxyl groups is 1. The number of rotatable bonds is 4. The number of benzene rings is 2. The van der Waals surface area contributed by atoms with Crippen LogP contribution in [0.2, 0.25) is 0 Å². The van der Waals surface area contributed by atoms with Gasteiger partial charge >= 0.3 is 0 Å². The number of piperidine rings is 1. The summed E-state index contributed by atoms with van der Waals surface area (Å²) in [5.41, 5.74) is 0.426. The zero-order valence-corrected chi connectivity index (χ0v) is 14.6. The Labute approximate surface area is 152 Å². The SMILES string of the molecule is OC1(Cc2cc(F)ccc2F)CC2COCC(C1)N2Cc1ccccc1. The predicted molar refractivity (Wildman–Crippen MR) is 94.6 cm³/mol. The van der Waals surface area contributed by atoms with Crippen molar-refractivity contribution in [3.05, 3.63) is 71.3 Å². The zero-order valence-electron chi connectivity index (χ0n) is 14.6. The van der Waals surface area contributed by atoms with Crippen LogP contribution in [0, 0.1) is 11.6 Å². The molecule has 3 nitrogen and oxygen atoms in total. The first-order valence-corrected chi connectivity index (χ1v) is 9.06. The van der Waals surface area contributed by atoms with E-state index in [2.05, 4.69) is 17.0 Å². The molecule has 4 rings (SSSR count). The highest BCUT2D eigenvalue weighted by molar-refractivity contribution is 5.22. The van der Waals surface area contributed by atoms with Gasteiger partial charge in [0, 0.05) is 25.0 Å². The third-order valence-electron chi connectivity index (χ3n) is 5.52. The van der Waals surface area contributed by atoms with Gasteiger partial charge < -0.3 is 9.84 Å². The maximum Gasteiger partial charge on any atom is 0.126 e. The minimum absolute atomic E-state index is 0.0735. The first-order valence-electron chi connectivity index (χ1n) is 9.06. The normalized spacial score (nSPS) is 28.9. The van der Waals surface area contributed by atoms with E-state index < -0.39 is 17.2 Å². The smallest absolute Gasteiger partial charge is 0.126 e. The number of morpholine rings is 1. The van der Waals surface area contributed by atoms with Crippen molar-refractivity contribution in [1.82, 2.24) is 4.90 Å². The molecular formula is C21H23F2NO2. The van der Waals surface area contributed by atoms with Crippen molar-refractivity contribution in [3.8, 4) is 0 Å². The van der Waals surface area contributed by atoms with Gasteiger partial charge in [0.15, 0.2) is 0 Å². The summed E-state index contributed by atoms with van der Waals surface area (Å²) >= 11 is 0. The van der Waals surface area contributed by atoms with Crippen LogP contribution in [0.15, 0.2) is 48.5 Å². The van der Waals surface area contributed by atoms with Gasteiger partial charge in [0.05, 0.1) is 18.8 Å². The molecule has 138 valence electrons. The van der Waals surface area contributed by atoms with E-state index in [1.54, 1.807) is 0 Å². The highest BCUT2D eigenvalue weighted by Gasteiger charge is 2.46. The highest BCUT2D eigenvalue weighted by atomic mass is 19.1. The number of fused-ring (bicyclic) bond motifs is 2. The maximum absolute atomic E-state index is 14.0. The summed E-state index contributed by atoms with van der Waals surface area (Å²) in [4.78, 5) is 2.38. The number of halogens is 2. The van der Waals surface area contributed by atoms with Gasteiger partial charge in [-0.1, -0.05) is 30.3 Å². The maximum atomic E-state index is 14.0. The quantitative estimate of drug-likeness (QED) is 0.909. The van der Waals surface area contributed by atoms with Gasteiger partial charge in [-0.2, -0.15) is 0 Å². The fourth-order valence-electron chi connectivity index (χ4n) is 4.37. The van der Waals surface area contributed by atoms with Crippen molar-refractivity contribution >= 4 is 0 Å². The standard InChI is InChI=1S/C21H23F2NO2/c22-17-6-7-20(23)16(8-17)9-21(25)10-18-13-26-14-19(11-21)24(18)12-15-4-2-1-3-5-15/h1-8,18-19,25H,9-14H2. The third-order valence-corrected chi connectivity index (χ3v) is 5.52. The van der Waals surface area contributed by atoms with Crippen molar-refractivity contribution in [2.24, 2.45) is 0 Å². The molecule has 2 aromatic carbocycles. The second-order valence-corrected chi connectivity index (χ2v) is 7.55. The minimum atomic E-state index is -1.04.